The molecule has 10 heteroatoms. The number of carbonyl (C=O) groups is 2. The maximum Gasteiger partial charge on any atom is 0.262 e. The molecule has 0 unspecified atom stereocenters. The summed E-state index contributed by atoms with van der Waals surface area (Å²) in [5, 5.41) is 13.3. The second-order valence-corrected chi connectivity index (χ2v) is 9.39. The molecule has 41 heavy (non-hydrogen) atoms. The molecule has 1 aliphatic rings. The summed E-state index contributed by atoms with van der Waals surface area (Å²) in [5.41, 5.74) is 4.24. The Balaban J connectivity index is 1.36. The van der Waals surface area contributed by atoms with Crippen LogP contribution in [0.15, 0.2) is 66.5 Å². The third-order valence-electron chi connectivity index (χ3n) is 6.87. The molecule has 0 aliphatic carbocycles. The van der Waals surface area contributed by atoms with Crippen LogP contribution in [0.5, 0.6) is 11.5 Å². The quantitative estimate of drug-likeness (QED) is 0.251. The molecule has 3 heterocycles. The standard InChI is InChI=1S/C31H29N5O5/c1-39-27-7-6-20(12-28(27)40-2)17-35-30(37)23(16-32)14-25-19-34-29-26(25)15-24(18-33-29)21-4-3-5-22(13-21)31(38)36-8-10-41-11-9-36/h3-7,12-15,18-19H,8-11,17H2,1-2H3,(H,33,34)(H,35,37)/b23-14+. The number of H-pyrrole nitrogens is 1. The van der Waals surface area contributed by atoms with E-state index in [-0.39, 0.29) is 18.0 Å². The first-order valence-electron chi connectivity index (χ1n) is 13.1. The Bertz CT molecular complexity index is 1660. The van der Waals surface area contributed by atoms with Crippen LogP contribution in [0, 0.1) is 11.3 Å². The molecule has 2 N–H and O–H groups in total. The summed E-state index contributed by atoms with van der Waals surface area (Å²) in [4.78, 5) is 35.3. The lowest BCUT2D eigenvalue weighted by atomic mass is 10.0. The summed E-state index contributed by atoms with van der Waals surface area (Å²) < 4.78 is 15.9. The zero-order valence-corrected chi connectivity index (χ0v) is 22.8. The lowest BCUT2D eigenvalue weighted by Gasteiger charge is -2.27. The minimum absolute atomic E-state index is 0.0350. The van der Waals surface area contributed by atoms with Gasteiger partial charge in [-0.1, -0.05) is 18.2 Å². The number of methoxy groups -OCH3 is 2. The van der Waals surface area contributed by atoms with Crippen molar-refractivity contribution in [2.75, 3.05) is 40.5 Å². The van der Waals surface area contributed by atoms with E-state index in [1.165, 1.54) is 6.08 Å². The van der Waals surface area contributed by atoms with Crippen molar-refractivity contribution in [1.29, 1.82) is 5.26 Å². The molecule has 0 spiro atoms. The molecule has 2 aromatic carbocycles. The van der Waals surface area contributed by atoms with Gasteiger partial charge in [-0.2, -0.15) is 5.26 Å². The summed E-state index contributed by atoms with van der Waals surface area (Å²) in [7, 11) is 3.09. The number of benzene rings is 2. The van der Waals surface area contributed by atoms with E-state index in [1.54, 1.807) is 49.7 Å². The Morgan fingerprint density at radius 1 is 1.10 bits per heavy atom. The van der Waals surface area contributed by atoms with E-state index in [9.17, 15) is 14.9 Å². The van der Waals surface area contributed by atoms with Crippen LogP contribution in [0.1, 0.15) is 21.5 Å². The molecule has 2 amide bonds. The first kappa shape index (κ1) is 27.4. The highest BCUT2D eigenvalue weighted by atomic mass is 16.5. The van der Waals surface area contributed by atoms with Crippen LogP contribution < -0.4 is 14.8 Å². The van der Waals surface area contributed by atoms with Gasteiger partial charge in [0.05, 0.1) is 27.4 Å². The van der Waals surface area contributed by atoms with Crippen molar-refractivity contribution in [2.24, 2.45) is 0 Å². The van der Waals surface area contributed by atoms with Crippen molar-refractivity contribution < 1.29 is 23.8 Å². The Hall–Kier alpha value is -5.14. The van der Waals surface area contributed by atoms with Gasteiger partial charge in [-0.05, 0) is 47.5 Å². The van der Waals surface area contributed by atoms with Crippen molar-refractivity contribution in [3.05, 3.63) is 83.2 Å². The molecule has 2 aromatic heterocycles. The number of nitrogens with one attached hydrogen (secondary N) is 2. The van der Waals surface area contributed by atoms with Crippen LogP contribution in [0.25, 0.3) is 28.2 Å². The van der Waals surface area contributed by atoms with Gasteiger partial charge in [0.25, 0.3) is 11.8 Å². The number of amides is 2. The number of aromatic nitrogens is 2. The van der Waals surface area contributed by atoms with Gasteiger partial charge in [-0.3, -0.25) is 9.59 Å². The molecule has 0 saturated carbocycles. The summed E-state index contributed by atoms with van der Waals surface area (Å²) in [6, 6.07) is 16.7. The van der Waals surface area contributed by atoms with Crippen LogP contribution in [0.4, 0.5) is 0 Å². The number of pyridine rings is 1. The van der Waals surface area contributed by atoms with Gasteiger partial charge < -0.3 is 29.4 Å². The highest BCUT2D eigenvalue weighted by Crippen LogP contribution is 2.28. The number of nitriles is 1. The molecule has 1 saturated heterocycles. The van der Waals surface area contributed by atoms with E-state index in [0.29, 0.717) is 54.6 Å². The topological polar surface area (TPSA) is 130 Å². The molecule has 1 fully saturated rings. The molecular weight excluding hydrogens is 522 g/mol. The third kappa shape index (κ3) is 6.05. The maximum atomic E-state index is 13.0. The highest BCUT2D eigenvalue weighted by molar-refractivity contribution is 6.04. The molecule has 0 radical (unpaired) electrons. The van der Waals surface area contributed by atoms with E-state index in [0.717, 1.165) is 22.1 Å². The van der Waals surface area contributed by atoms with Crippen molar-refractivity contribution >= 4 is 28.9 Å². The summed E-state index contributed by atoms with van der Waals surface area (Å²) >= 11 is 0. The molecule has 208 valence electrons. The second kappa shape index (κ2) is 12.4. The van der Waals surface area contributed by atoms with E-state index in [4.69, 9.17) is 14.2 Å². The fourth-order valence-corrected chi connectivity index (χ4v) is 4.65. The molecule has 1 aliphatic heterocycles. The van der Waals surface area contributed by atoms with E-state index < -0.39 is 5.91 Å². The van der Waals surface area contributed by atoms with Gasteiger partial charge in [0.2, 0.25) is 0 Å². The summed E-state index contributed by atoms with van der Waals surface area (Å²) in [5.74, 6) is 0.596. The molecular formula is C31H29N5O5. The zero-order chi connectivity index (χ0) is 28.8. The third-order valence-corrected chi connectivity index (χ3v) is 6.87. The number of carbonyl (C=O) groups excluding carboxylic acids is 2. The second-order valence-electron chi connectivity index (χ2n) is 9.39. The number of hydrogen-bond acceptors (Lipinski definition) is 7. The van der Waals surface area contributed by atoms with Crippen molar-refractivity contribution in [3.63, 3.8) is 0 Å². The van der Waals surface area contributed by atoms with E-state index in [2.05, 4.69) is 15.3 Å². The van der Waals surface area contributed by atoms with Crippen molar-refractivity contribution in [3.8, 4) is 28.7 Å². The Morgan fingerprint density at radius 2 is 1.90 bits per heavy atom. The minimum atomic E-state index is -0.505. The van der Waals surface area contributed by atoms with Crippen LogP contribution in [-0.2, 0) is 16.1 Å². The van der Waals surface area contributed by atoms with Crippen LogP contribution in [0.3, 0.4) is 0 Å². The van der Waals surface area contributed by atoms with Crippen molar-refractivity contribution in [2.45, 2.75) is 6.54 Å². The lowest BCUT2D eigenvalue weighted by molar-refractivity contribution is -0.117. The largest absolute Gasteiger partial charge is 0.493 e. The molecule has 10 nitrogen and oxygen atoms in total. The predicted octanol–water partition coefficient (Wildman–Crippen LogP) is 3.94. The van der Waals surface area contributed by atoms with E-state index in [1.807, 2.05) is 36.4 Å². The maximum absolute atomic E-state index is 13.0. The number of morpholine rings is 1. The van der Waals surface area contributed by atoms with Gasteiger partial charge in [0, 0.05) is 54.1 Å². The van der Waals surface area contributed by atoms with Gasteiger partial charge >= 0.3 is 0 Å². The predicted molar refractivity (Wildman–Crippen MR) is 153 cm³/mol. The first-order valence-corrected chi connectivity index (χ1v) is 13.1. The van der Waals surface area contributed by atoms with E-state index >= 15 is 0 Å². The number of fused-ring (bicyclic) bond motifs is 1. The fourth-order valence-electron chi connectivity index (χ4n) is 4.65. The Kier molecular flexibility index (Phi) is 8.27. The first-order chi connectivity index (χ1) is 20.0. The SMILES string of the molecule is COc1ccc(CNC(=O)/C(C#N)=C/c2c[nH]c3ncc(-c4cccc(C(=O)N5CCOCC5)c4)cc23)cc1OC. The van der Waals surface area contributed by atoms with Gasteiger partial charge in [0.1, 0.15) is 17.3 Å². The lowest BCUT2D eigenvalue weighted by Crippen LogP contribution is -2.40. The Morgan fingerprint density at radius 3 is 2.66 bits per heavy atom. The summed E-state index contributed by atoms with van der Waals surface area (Å²) in [6.07, 6.45) is 4.97. The van der Waals surface area contributed by atoms with Crippen LogP contribution in [0.2, 0.25) is 0 Å². The number of ether oxygens (including phenoxy) is 3. The van der Waals surface area contributed by atoms with Gasteiger partial charge in [-0.25, -0.2) is 4.98 Å². The van der Waals surface area contributed by atoms with Gasteiger partial charge in [0.15, 0.2) is 11.5 Å². The minimum Gasteiger partial charge on any atom is -0.493 e. The monoisotopic (exact) mass is 551 g/mol. The zero-order valence-electron chi connectivity index (χ0n) is 22.8. The van der Waals surface area contributed by atoms with Gasteiger partial charge in [-0.15, -0.1) is 0 Å². The summed E-state index contributed by atoms with van der Waals surface area (Å²) in [6.45, 7) is 2.41. The molecule has 5 rings (SSSR count). The van der Waals surface area contributed by atoms with Crippen LogP contribution >= 0.6 is 0 Å². The average Bonchev–Trinajstić information content (AvgIpc) is 3.44. The fraction of sp³-hybridized carbons (Fsp3) is 0.226. The highest BCUT2D eigenvalue weighted by Gasteiger charge is 2.19. The Labute approximate surface area is 237 Å². The number of hydrogen-bond donors (Lipinski definition) is 2. The normalized spacial score (nSPS) is 13.5. The molecule has 4 aromatic rings. The molecule has 0 bridgehead atoms. The van der Waals surface area contributed by atoms with Crippen molar-refractivity contribution in [1.82, 2.24) is 20.2 Å². The average molecular weight is 552 g/mol. The van der Waals surface area contributed by atoms with Crippen LogP contribution in [-0.4, -0.2) is 67.2 Å². The number of nitrogens with zero attached hydrogens (tertiary/aromatic N) is 3. The number of rotatable bonds is 8. The number of aromatic amines is 1. The molecule has 0 atom stereocenters. The smallest absolute Gasteiger partial charge is 0.262 e.